The maximum atomic E-state index is 12.9. The van der Waals surface area contributed by atoms with Crippen LogP contribution in [0.2, 0.25) is 0 Å². The van der Waals surface area contributed by atoms with Gasteiger partial charge in [-0.25, -0.2) is 13.4 Å². The molecule has 0 spiro atoms. The molecule has 0 saturated carbocycles. The molecule has 0 radical (unpaired) electrons. The Morgan fingerprint density at radius 3 is 2.62 bits per heavy atom. The lowest BCUT2D eigenvalue weighted by atomic mass is 10.2. The third-order valence-corrected chi connectivity index (χ3v) is 5.67. The largest absolute Gasteiger partial charge is 0.444 e. The highest BCUT2D eigenvalue weighted by molar-refractivity contribution is 7.93. The number of hydrogen-bond donors (Lipinski definition) is 0. The Hall–Kier alpha value is -1.56. The van der Waals surface area contributed by atoms with E-state index in [9.17, 15) is 9.00 Å². The van der Waals surface area contributed by atoms with Crippen molar-refractivity contribution in [2.75, 3.05) is 19.3 Å². The quantitative estimate of drug-likeness (QED) is 0.740. The zero-order valence-electron chi connectivity index (χ0n) is 13.0. The molecule has 0 saturated heterocycles. The summed E-state index contributed by atoms with van der Waals surface area (Å²) in [5.41, 5.74) is 0.330. The highest BCUT2D eigenvalue weighted by Crippen LogP contribution is 2.25. The van der Waals surface area contributed by atoms with Crippen LogP contribution < -0.4 is 0 Å². The molecular weight excluding hydrogens is 288 g/mol. The molecule has 1 aliphatic rings. The van der Waals surface area contributed by atoms with Crippen LogP contribution in [0.25, 0.3) is 0 Å². The van der Waals surface area contributed by atoms with Crippen molar-refractivity contribution >= 4 is 15.8 Å². The van der Waals surface area contributed by atoms with E-state index in [1.807, 2.05) is 45.0 Å². The number of fused-ring (bicyclic) bond motifs is 1. The lowest BCUT2D eigenvalue weighted by Gasteiger charge is -2.26. The molecule has 1 unspecified atom stereocenters. The zero-order valence-corrected chi connectivity index (χ0v) is 13.8. The van der Waals surface area contributed by atoms with Crippen molar-refractivity contribution in [3.05, 3.63) is 29.8 Å². The SMILES string of the molecule is CN=S1(=O)CCN(C(=O)OC(C)(C)C)Cc2ccccc21. The highest BCUT2D eigenvalue weighted by Gasteiger charge is 2.28. The summed E-state index contributed by atoms with van der Waals surface area (Å²) >= 11 is 0. The van der Waals surface area contributed by atoms with Gasteiger partial charge in [0, 0.05) is 13.6 Å². The van der Waals surface area contributed by atoms with Crippen molar-refractivity contribution in [1.82, 2.24) is 4.90 Å². The van der Waals surface area contributed by atoms with Gasteiger partial charge in [0.2, 0.25) is 0 Å². The van der Waals surface area contributed by atoms with Crippen LogP contribution in [0.3, 0.4) is 0 Å². The molecule has 0 aliphatic carbocycles. The van der Waals surface area contributed by atoms with E-state index in [1.165, 1.54) is 0 Å². The van der Waals surface area contributed by atoms with Gasteiger partial charge in [0.1, 0.15) is 5.60 Å². The summed E-state index contributed by atoms with van der Waals surface area (Å²) in [5, 5.41) is 0. The van der Waals surface area contributed by atoms with E-state index in [2.05, 4.69) is 4.36 Å². The number of benzene rings is 1. The normalized spacial score (nSPS) is 22.2. The Labute approximate surface area is 126 Å². The minimum atomic E-state index is -2.46. The molecule has 21 heavy (non-hydrogen) atoms. The van der Waals surface area contributed by atoms with Crippen molar-refractivity contribution in [2.24, 2.45) is 4.36 Å². The van der Waals surface area contributed by atoms with E-state index in [0.29, 0.717) is 18.8 Å². The lowest BCUT2D eigenvalue weighted by Crippen LogP contribution is -2.37. The first kappa shape index (κ1) is 15.8. The first-order valence-corrected chi connectivity index (χ1v) is 8.62. The Morgan fingerprint density at radius 2 is 2.00 bits per heavy atom. The van der Waals surface area contributed by atoms with Crippen molar-refractivity contribution < 1.29 is 13.7 Å². The second kappa shape index (κ2) is 5.67. The molecule has 0 aromatic heterocycles. The van der Waals surface area contributed by atoms with Crippen LogP contribution >= 0.6 is 0 Å². The van der Waals surface area contributed by atoms with Crippen LogP contribution in [0, 0.1) is 0 Å². The van der Waals surface area contributed by atoms with E-state index in [1.54, 1.807) is 11.9 Å². The van der Waals surface area contributed by atoms with Crippen molar-refractivity contribution in [3.8, 4) is 0 Å². The van der Waals surface area contributed by atoms with Crippen LogP contribution in [-0.4, -0.2) is 40.1 Å². The number of rotatable bonds is 0. The molecule has 116 valence electrons. The number of ether oxygens (including phenoxy) is 1. The fourth-order valence-electron chi connectivity index (χ4n) is 2.25. The minimum Gasteiger partial charge on any atom is -0.444 e. The van der Waals surface area contributed by atoms with Crippen molar-refractivity contribution in [3.63, 3.8) is 0 Å². The standard InChI is InChI=1S/C15H22N2O3S/c1-15(2,3)20-14(18)17-9-10-21(19,16-4)13-8-6-5-7-12(13)11-17/h5-8H,9-11H2,1-4H3. The molecule has 1 amide bonds. The van der Waals surface area contributed by atoms with Gasteiger partial charge in [-0.1, -0.05) is 18.2 Å². The van der Waals surface area contributed by atoms with Gasteiger partial charge in [0.25, 0.3) is 0 Å². The molecule has 0 bridgehead atoms. The van der Waals surface area contributed by atoms with Crippen LogP contribution in [0.1, 0.15) is 26.3 Å². The second-order valence-corrected chi connectivity index (χ2v) is 8.53. The van der Waals surface area contributed by atoms with Gasteiger partial charge in [-0.3, -0.25) is 0 Å². The zero-order chi connectivity index (χ0) is 15.7. The predicted octanol–water partition coefficient (Wildman–Crippen LogP) is 2.89. The Kier molecular flexibility index (Phi) is 4.27. The second-order valence-electron chi connectivity index (χ2n) is 6.04. The Morgan fingerprint density at radius 1 is 1.33 bits per heavy atom. The van der Waals surface area contributed by atoms with Gasteiger partial charge in [0.05, 0.1) is 26.9 Å². The molecule has 0 N–H and O–H groups in total. The van der Waals surface area contributed by atoms with Gasteiger partial charge >= 0.3 is 6.09 Å². The van der Waals surface area contributed by atoms with Gasteiger partial charge in [-0.15, -0.1) is 0 Å². The fraction of sp³-hybridized carbons (Fsp3) is 0.533. The molecule has 0 fully saturated rings. The van der Waals surface area contributed by atoms with Crippen LogP contribution in [0.15, 0.2) is 33.5 Å². The summed E-state index contributed by atoms with van der Waals surface area (Å²) in [7, 11) is -0.887. The number of hydrogen-bond acceptors (Lipinski definition) is 4. The highest BCUT2D eigenvalue weighted by atomic mass is 32.2. The number of nitrogens with zero attached hydrogens (tertiary/aromatic N) is 2. The van der Waals surface area contributed by atoms with Crippen molar-refractivity contribution in [1.29, 1.82) is 0 Å². The van der Waals surface area contributed by atoms with E-state index >= 15 is 0 Å². The predicted molar refractivity (Wildman–Crippen MR) is 82.7 cm³/mol. The lowest BCUT2D eigenvalue weighted by molar-refractivity contribution is 0.0247. The van der Waals surface area contributed by atoms with Gasteiger partial charge < -0.3 is 9.64 Å². The van der Waals surface area contributed by atoms with E-state index in [0.717, 1.165) is 10.5 Å². The Bertz CT molecular complexity index is 655. The first-order chi connectivity index (χ1) is 9.75. The summed E-state index contributed by atoms with van der Waals surface area (Å²) in [6.45, 7) is 6.28. The number of amides is 1. The summed E-state index contributed by atoms with van der Waals surface area (Å²) < 4.78 is 22.4. The van der Waals surface area contributed by atoms with E-state index in [-0.39, 0.29) is 6.09 Å². The van der Waals surface area contributed by atoms with Crippen LogP contribution in [0.5, 0.6) is 0 Å². The summed E-state index contributed by atoms with van der Waals surface area (Å²) in [6, 6.07) is 7.46. The third-order valence-electron chi connectivity index (χ3n) is 3.26. The average Bonchev–Trinajstić information content (AvgIpc) is 2.55. The molecule has 1 aromatic carbocycles. The van der Waals surface area contributed by atoms with Gasteiger partial charge in [-0.05, 0) is 32.4 Å². The molecule has 1 heterocycles. The summed E-state index contributed by atoms with van der Waals surface area (Å²) in [6.07, 6.45) is -0.378. The maximum absolute atomic E-state index is 12.9. The first-order valence-electron chi connectivity index (χ1n) is 6.94. The topological polar surface area (TPSA) is 59.0 Å². The smallest absolute Gasteiger partial charge is 0.410 e. The summed E-state index contributed by atoms with van der Waals surface area (Å²) in [5.74, 6) is 0.333. The van der Waals surface area contributed by atoms with Crippen LogP contribution in [0.4, 0.5) is 4.79 Å². The average molecular weight is 310 g/mol. The molecule has 1 atom stereocenters. The molecular formula is C15H22N2O3S. The van der Waals surface area contributed by atoms with Crippen molar-refractivity contribution in [2.45, 2.75) is 37.8 Å². The molecule has 2 rings (SSSR count). The van der Waals surface area contributed by atoms with Crippen LogP contribution in [-0.2, 0) is 21.0 Å². The van der Waals surface area contributed by atoms with E-state index < -0.39 is 15.3 Å². The van der Waals surface area contributed by atoms with Gasteiger partial charge in [0.15, 0.2) is 0 Å². The maximum Gasteiger partial charge on any atom is 0.410 e. The van der Waals surface area contributed by atoms with Gasteiger partial charge in [-0.2, -0.15) is 0 Å². The monoisotopic (exact) mass is 310 g/mol. The number of carbonyl (C=O) groups excluding carboxylic acids is 1. The summed E-state index contributed by atoms with van der Waals surface area (Å²) in [4.78, 5) is 14.6. The molecule has 6 heteroatoms. The molecule has 1 aromatic rings. The number of carbonyl (C=O) groups is 1. The third kappa shape index (κ3) is 3.56. The molecule has 1 aliphatic heterocycles. The molecule has 5 nitrogen and oxygen atoms in total. The van der Waals surface area contributed by atoms with E-state index in [4.69, 9.17) is 4.74 Å². The minimum absolute atomic E-state index is 0.333. The Balaban J connectivity index is 2.34. The fourth-order valence-corrected chi connectivity index (χ4v) is 4.15.